The van der Waals surface area contributed by atoms with Gasteiger partial charge in [0.2, 0.25) is 0 Å². The topological polar surface area (TPSA) is 17.0 Å². The first-order chi connectivity index (χ1) is 10.5. The third-order valence-electron chi connectivity index (χ3n) is 7.13. The highest BCUT2D eigenvalue weighted by Crippen LogP contribution is 2.54. The predicted molar refractivity (Wildman–Crippen MR) is 91.1 cm³/mol. The van der Waals surface area contributed by atoms with E-state index in [-0.39, 0.29) is 0 Å². The molecule has 1 N–H and O–H groups in total. The second-order valence-corrected chi connectivity index (χ2v) is 8.64. The van der Waals surface area contributed by atoms with Crippen LogP contribution in [0.1, 0.15) is 45.7 Å². The smallest absolute Gasteiger partial charge is 0.0487 e. The van der Waals surface area contributed by atoms with Crippen molar-refractivity contribution in [3.63, 3.8) is 0 Å². The molecule has 1 aliphatic carbocycles. The van der Waals surface area contributed by atoms with Gasteiger partial charge in [0.15, 0.2) is 0 Å². The molecule has 2 aliphatic heterocycles. The number of hydrogen-bond donors (Lipinski definition) is 1. The van der Waals surface area contributed by atoms with Crippen LogP contribution >= 0.6 is 0 Å². The summed E-state index contributed by atoms with van der Waals surface area (Å²) in [6, 6.07) is 12.0. The van der Waals surface area contributed by atoms with Crippen molar-refractivity contribution >= 4 is 10.9 Å². The summed E-state index contributed by atoms with van der Waals surface area (Å²) in [6.07, 6.45) is 5.26. The normalized spacial score (nSPS) is 38.8. The van der Waals surface area contributed by atoms with Crippen molar-refractivity contribution in [2.24, 2.45) is 11.8 Å². The maximum Gasteiger partial charge on any atom is 0.0487 e. The minimum absolute atomic E-state index is 0.293. The molecule has 0 unspecified atom stereocenters. The van der Waals surface area contributed by atoms with Crippen LogP contribution in [0.4, 0.5) is 0 Å². The van der Waals surface area contributed by atoms with Crippen molar-refractivity contribution in [1.82, 2.24) is 9.88 Å². The van der Waals surface area contributed by atoms with Gasteiger partial charge >= 0.3 is 0 Å². The quantitative estimate of drug-likeness (QED) is 0.774. The van der Waals surface area contributed by atoms with Gasteiger partial charge in [0.05, 0.1) is 0 Å². The van der Waals surface area contributed by atoms with Crippen molar-refractivity contribution in [2.75, 3.05) is 0 Å². The van der Waals surface area contributed by atoms with Crippen molar-refractivity contribution in [3.05, 3.63) is 36.0 Å². The number of benzene rings is 1. The summed E-state index contributed by atoms with van der Waals surface area (Å²) in [5.41, 5.74) is 3.58. The molecule has 1 saturated carbocycles. The summed E-state index contributed by atoms with van der Waals surface area (Å²) in [5.74, 6) is 1.62. The van der Waals surface area contributed by atoms with Crippen LogP contribution in [0.5, 0.6) is 0 Å². The summed E-state index contributed by atoms with van der Waals surface area (Å²) < 4.78 is 2.71. The molecule has 2 heteroatoms. The zero-order valence-electron chi connectivity index (χ0n) is 13.9. The Bertz CT molecular complexity index is 756. The van der Waals surface area contributed by atoms with Crippen molar-refractivity contribution < 1.29 is 0 Å². The van der Waals surface area contributed by atoms with Gasteiger partial charge in [-0.05, 0) is 69.4 Å². The Hall–Kier alpha value is -1.28. The maximum absolute atomic E-state index is 4.02. The molecule has 2 fully saturated rings. The maximum atomic E-state index is 4.02. The molecule has 2 aromatic rings. The number of hydrogen-bond acceptors (Lipinski definition) is 1. The van der Waals surface area contributed by atoms with Gasteiger partial charge in [0, 0.05) is 34.8 Å². The van der Waals surface area contributed by atoms with E-state index in [2.05, 4.69) is 61.0 Å². The van der Waals surface area contributed by atoms with Crippen LogP contribution in [0.2, 0.25) is 0 Å². The van der Waals surface area contributed by atoms with Gasteiger partial charge in [0.1, 0.15) is 0 Å². The molecule has 116 valence electrons. The van der Waals surface area contributed by atoms with Gasteiger partial charge in [0.25, 0.3) is 0 Å². The van der Waals surface area contributed by atoms with Crippen LogP contribution < -0.4 is 5.32 Å². The molecule has 1 aromatic heterocycles. The largest absolute Gasteiger partial charge is 0.338 e. The zero-order chi connectivity index (χ0) is 15.1. The molecule has 4 atom stereocenters. The highest BCUT2D eigenvalue weighted by Gasteiger charge is 2.55. The summed E-state index contributed by atoms with van der Waals surface area (Å²) >= 11 is 0. The number of piperidine rings is 1. The lowest BCUT2D eigenvalue weighted by atomic mass is 9.57. The minimum Gasteiger partial charge on any atom is -0.338 e. The first-order valence-electron chi connectivity index (χ1n) is 8.86. The first kappa shape index (κ1) is 13.2. The predicted octanol–water partition coefficient (Wildman–Crippen LogP) is 4.08. The molecular formula is C20H26N2. The number of aromatic nitrogens is 1. The van der Waals surface area contributed by atoms with Gasteiger partial charge in [-0.3, -0.25) is 0 Å². The number of nitrogens with zero attached hydrogens (tertiary/aromatic N) is 1. The van der Waals surface area contributed by atoms with Crippen molar-refractivity contribution in [1.29, 1.82) is 0 Å². The molecule has 3 heterocycles. The van der Waals surface area contributed by atoms with Crippen molar-refractivity contribution in [3.8, 4) is 0 Å². The second kappa shape index (κ2) is 3.97. The van der Waals surface area contributed by atoms with Crippen LogP contribution in [-0.4, -0.2) is 16.1 Å². The monoisotopic (exact) mass is 294 g/mol. The molecule has 0 spiro atoms. The molecule has 2 bridgehead atoms. The summed E-state index contributed by atoms with van der Waals surface area (Å²) in [5, 5.41) is 5.44. The van der Waals surface area contributed by atoms with E-state index in [4.69, 9.17) is 0 Å². The molecule has 22 heavy (non-hydrogen) atoms. The van der Waals surface area contributed by atoms with Crippen LogP contribution in [0.3, 0.4) is 0 Å². The highest BCUT2D eigenvalue weighted by atomic mass is 15.2. The Morgan fingerprint density at radius 3 is 2.86 bits per heavy atom. The van der Waals surface area contributed by atoms with Crippen LogP contribution in [0.15, 0.2) is 30.3 Å². The molecule has 1 saturated heterocycles. The number of rotatable bonds is 0. The molecule has 3 aliphatic rings. The fourth-order valence-corrected chi connectivity index (χ4v) is 5.94. The van der Waals surface area contributed by atoms with E-state index in [1.165, 1.54) is 42.3 Å². The average molecular weight is 294 g/mol. The SMILES string of the molecule is CC1(C)N[C@H]2Cc3cc4ccccc4n3[C@@]3(C)CC[C@@H]1C[C@@H]23. The third kappa shape index (κ3) is 1.49. The van der Waals surface area contributed by atoms with Gasteiger partial charge in [-0.2, -0.15) is 0 Å². The first-order valence-corrected chi connectivity index (χ1v) is 8.86. The summed E-state index contributed by atoms with van der Waals surface area (Å²) in [7, 11) is 0. The Balaban J connectivity index is 1.74. The van der Waals surface area contributed by atoms with Gasteiger partial charge in [-0.15, -0.1) is 0 Å². The molecule has 5 rings (SSSR count). The van der Waals surface area contributed by atoms with E-state index in [1.54, 1.807) is 0 Å². The zero-order valence-corrected chi connectivity index (χ0v) is 13.9. The van der Waals surface area contributed by atoms with Crippen LogP contribution in [-0.2, 0) is 12.0 Å². The van der Waals surface area contributed by atoms with E-state index in [0.717, 1.165) is 11.8 Å². The lowest BCUT2D eigenvalue weighted by Gasteiger charge is -2.60. The molecule has 0 amide bonds. The van der Waals surface area contributed by atoms with Gasteiger partial charge in [-0.1, -0.05) is 18.2 Å². The molecule has 2 nitrogen and oxygen atoms in total. The van der Waals surface area contributed by atoms with Crippen molar-refractivity contribution in [2.45, 2.75) is 63.6 Å². The number of para-hydroxylation sites is 1. The summed E-state index contributed by atoms with van der Waals surface area (Å²) in [6.45, 7) is 7.36. The fraction of sp³-hybridized carbons (Fsp3) is 0.600. The Kier molecular flexibility index (Phi) is 2.38. The Labute approximate surface area is 132 Å². The number of nitrogens with one attached hydrogen (secondary N) is 1. The minimum atomic E-state index is 0.293. The van der Waals surface area contributed by atoms with E-state index < -0.39 is 0 Å². The Morgan fingerprint density at radius 1 is 1.18 bits per heavy atom. The second-order valence-electron chi connectivity index (χ2n) is 8.64. The standard InChI is InChI=1S/C20H26N2/c1-19(2)14-8-9-20(3)16(11-14)17(21-19)12-15-10-13-6-4-5-7-18(13)22(15)20/h4-7,10,14,16-17,21H,8-9,11-12H2,1-3H3/t14-,16+,17+,20+/m1/s1. The molecule has 1 aromatic carbocycles. The van der Waals surface area contributed by atoms with E-state index in [9.17, 15) is 0 Å². The van der Waals surface area contributed by atoms with Gasteiger partial charge in [-0.25, -0.2) is 0 Å². The molecule has 0 radical (unpaired) electrons. The van der Waals surface area contributed by atoms with E-state index in [0.29, 0.717) is 17.1 Å². The third-order valence-corrected chi connectivity index (χ3v) is 7.13. The number of fused-ring (bicyclic) bond motifs is 5. The van der Waals surface area contributed by atoms with E-state index >= 15 is 0 Å². The van der Waals surface area contributed by atoms with Crippen LogP contribution in [0, 0.1) is 11.8 Å². The van der Waals surface area contributed by atoms with Gasteiger partial charge < -0.3 is 9.88 Å². The lowest BCUT2D eigenvalue weighted by molar-refractivity contribution is -0.0347. The average Bonchev–Trinajstić information content (AvgIpc) is 2.84. The fourth-order valence-electron chi connectivity index (χ4n) is 5.94. The lowest BCUT2D eigenvalue weighted by Crippen LogP contribution is -2.68. The van der Waals surface area contributed by atoms with Crippen LogP contribution in [0.25, 0.3) is 10.9 Å². The van der Waals surface area contributed by atoms with E-state index in [1.807, 2.05) is 0 Å². The highest BCUT2D eigenvalue weighted by molar-refractivity contribution is 5.82. The summed E-state index contributed by atoms with van der Waals surface area (Å²) in [4.78, 5) is 0. The Morgan fingerprint density at radius 2 is 2.00 bits per heavy atom. The molecular weight excluding hydrogens is 268 g/mol.